The molecule has 5 aromatic heterocycles. The first-order chi connectivity index (χ1) is 28.2. The average Bonchev–Trinajstić information content (AvgIpc) is 3.98. The summed E-state index contributed by atoms with van der Waals surface area (Å²) in [7, 11) is 0. The van der Waals surface area contributed by atoms with Gasteiger partial charge in [-0.15, -0.1) is 34.0 Å². The molecule has 0 bridgehead atoms. The molecule has 7 aromatic carbocycles. The van der Waals surface area contributed by atoms with Gasteiger partial charge in [-0.25, -0.2) is 24.9 Å². The summed E-state index contributed by atoms with van der Waals surface area (Å²) in [5.41, 5.74) is 6.88. The summed E-state index contributed by atoms with van der Waals surface area (Å²) in [6.45, 7) is 0. The van der Waals surface area contributed by atoms with Crippen molar-refractivity contribution in [3.05, 3.63) is 164 Å². The Kier molecular flexibility index (Phi) is 7.38. The van der Waals surface area contributed by atoms with E-state index in [1.807, 2.05) is 60.7 Å². The highest BCUT2D eigenvalue weighted by atomic mass is 32.1. The van der Waals surface area contributed by atoms with Crippen molar-refractivity contribution >= 4 is 94.7 Å². The number of hydrogen-bond acceptors (Lipinski definition) is 8. The molecule has 266 valence electrons. The van der Waals surface area contributed by atoms with Crippen LogP contribution < -0.4 is 0 Å². The fourth-order valence-corrected chi connectivity index (χ4v) is 11.4. The molecule has 0 amide bonds. The molecule has 0 radical (unpaired) electrons. The molecule has 8 heteroatoms. The Morgan fingerprint density at radius 3 is 1.65 bits per heavy atom. The van der Waals surface area contributed by atoms with E-state index in [9.17, 15) is 0 Å². The summed E-state index contributed by atoms with van der Waals surface area (Å²) in [5.74, 6) is 2.67. The monoisotopic (exact) mass is 781 g/mol. The summed E-state index contributed by atoms with van der Waals surface area (Å²) in [4.78, 5) is 26.1. The van der Waals surface area contributed by atoms with Gasteiger partial charge >= 0.3 is 0 Å². The number of fused-ring (bicyclic) bond motifs is 9. The lowest BCUT2D eigenvalue weighted by Crippen LogP contribution is -2.00. The molecule has 12 aromatic rings. The number of hydrogen-bond donors (Lipinski definition) is 0. The summed E-state index contributed by atoms with van der Waals surface area (Å²) in [6, 6.07) is 57.2. The highest BCUT2D eigenvalue weighted by Gasteiger charge is 2.21. The summed E-state index contributed by atoms with van der Waals surface area (Å²) >= 11 is 5.35. The van der Waals surface area contributed by atoms with Crippen molar-refractivity contribution < 1.29 is 0 Å². The Labute approximate surface area is 338 Å². The van der Waals surface area contributed by atoms with Crippen molar-refractivity contribution in [3.8, 4) is 56.8 Å². The van der Waals surface area contributed by atoms with Gasteiger partial charge in [0.25, 0.3) is 0 Å². The Hall–Kier alpha value is -6.71. The molecule has 5 heterocycles. The van der Waals surface area contributed by atoms with E-state index >= 15 is 0 Å². The molecule has 0 aliphatic rings. The van der Waals surface area contributed by atoms with Gasteiger partial charge in [0.05, 0.1) is 15.9 Å². The largest absolute Gasteiger partial charge is 0.226 e. The van der Waals surface area contributed by atoms with Crippen molar-refractivity contribution in [1.82, 2.24) is 24.9 Å². The first-order valence-electron chi connectivity index (χ1n) is 18.7. The van der Waals surface area contributed by atoms with Crippen LogP contribution >= 0.6 is 34.0 Å². The van der Waals surface area contributed by atoms with Gasteiger partial charge in [-0.05, 0) is 36.4 Å². The number of nitrogens with zero attached hydrogens (tertiary/aromatic N) is 5. The summed E-state index contributed by atoms with van der Waals surface area (Å²) < 4.78 is 7.11. The molecule has 0 aliphatic heterocycles. The number of benzene rings is 7. The third kappa shape index (κ3) is 5.29. The standard InChI is InChI=1S/C49H27N5S3/c1-3-13-28(14-4-1)46-52-47(29-15-5-2-6-16-29)54-48(53-46)34-20-12-24-40-41(34)36-27-30(25-26-39(36)55-40)42-45-43(33-18-8-10-23-38(33)57-45)51-49(50-42)35-21-11-19-32-31-17-7-9-22-37(31)56-44(32)35/h1-27H. The molecule has 5 nitrogen and oxygen atoms in total. The Morgan fingerprint density at radius 1 is 0.316 bits per heavy atom. The zero-order chi connectivity index (χ0) is 37.5. The van der Waals surface area contributed by atoms with Crippen LogP contribution in [-0.2, 0) is 0 Å². The predicted octanol–water partition coefficient (Wildman–Crippen LogP) is 14.1. The molecule has 12 rings (SSSR count). The van der Waals surface area contributed by atoms with Crippen molar-refractivity contribution in [3.63, 3.8) is 0 Å². The maximum absolute atomic E-state index is 5.48. The van der Waals surface area contributed by atoms with Gasteiger partial charge in [0.15, 0.2) is 23.3 Å². The summed E-state index contributed by atoms with van der Waals surface area (Å²) in [5, 5.41) is 5.91. The third-order valence-electron chi connectivity index (χ3n) is 10.6. The zero-order valence-electron chi connectivity index (χ0n) is 30.0. The van der Waals surface area contributed by atoms with Crippen LogP contribution in [0.3, 0.4) is 0 Å². The van der Waals surface area contributed by atoms with E-state index in [4.69, 9.17) is 24.9 Å². The molecule has 0 spiro atoms. The van der Waals surface area contributed by atoms with Crippen LogP contribution in [0.25, 0.3) is 117 Å². The average molecular weight is 782 g/mol. The van der Waals surface area contributed by atoms with E-state index in [1.54, 1.807) is 34.0 Å². The van der Waals surface area contributed by atoms with E-state index in [0.29, 0.717) is 17.5 Å². The van der Waals surface area contributed by atoms with Gasteiger partial charge in [-0.1, -0.05) is 127 Å². The smallest absolute Gasteiger partial charge is 0.164 e. The van der Waals surface area contributed by atoms with Crippen molar-refractivity contribution in [2.24, 2.45) is 0 Å². The first kappa shape index (κ1) is 32.5. The Morgan fingerprint density at radius 2 is 0.877 bits per heavy atom. The summed E-state index contributed by atoms with van der Waals surface area (Å²) in [6.07, 6.45) is 0. The lowest BCUT2D eigenvalue weighted by Gasteiger charge is -2.10. The molecule has 57 heavy (non-hydrogen) atoms. The van der Waals surface area contributed by atoms with E-state index in [0.717, 1.165) is 65.7 Å². The van der Waals surface area contributed by atoms with Crippen LogP contribution in [0.4, 0.5) is 0 Å². The Balaban J connectivity index is 1.10. The van der Waals surface area contributed by atoms with Crippen LogP contribution in [0.2, 0.25) is 0 Å². The van der Waals surface area contributed by atoms with Gasteiger partial charge in [0.2, 0.25) is 0 Å². The van der Waals surface area contributed by atoms with Crippen molar-refractivity contribution in [2.75, 3.05) is 0 Å². The fraction of sp³-hybridized carbons (Fsp3) is 0. The Bertz CT molecular complexity index is 3480. The molecular formula is C49H27N5S3. The molecule has 0 unspecified atom stereocenters. The molecule has 0 N–H and O–H groups in total. The second-order valence-corrected chi connectivity index (χ2v) is 17.2. The minimum atomic E-state index is 0.644. The minimum absolute atomic E-state index is 0.644. The van der Waals surface area contributed by atoms with E-state index in [2.05, 4.69) is 103 Å². The van der Waals surface area contributed by atoms with Gasteiger partial charge in [-0.2, -0.15) is 0 Å². The van der Waals surface area contributed by atoms with Gasteiger partial charge in [0.1, 0.15) is 0 Å². The highest BCUT2D eigenvalue weighted by molar-refractivity contribution is 7.27. The maximum atomic E-state index is 5.48. The quantitative estimate of drug-likeness (QED) is 0.174. The van der Waals surface area contributed by atoms with Crippen LogP contribution in [-0.4, -0.2) is 24.9 Å². The number of aromatic nitrogens is 5. The van der Waals surface area contributed by atoms with Crippen molar-refractivity contribution in [1.29, 1.82) is 0 Å². The minimum Gasteiger partial charge on any atom is -0.226 e. The molecular weight excluding hydrogens is 755 g/mol. The lowest BCUT2D eigenvalue weighted by molar-refractivity contribution is 1.08. The van der Waals surface area contributed by atoms with Gasteiger partial charge in [-0.3, -0.25) is 0 Å². The molecule has 0 saturated carbocycles. The number of thiophene rings is 3. The molecule has 0 fully saturated rings. The van der Waals surface area contributed by atoms with E-state index in [1.165, 1.54) is 34.3 Å². The molecule has 0 atom stereocenters. The lowest BCUT2D eigenvalue weighted by atomic mass is 10.0. The van der Waals surface area contributed by atoms with Crippen LogP contribution in [0.15, 0.2) is 164 Å². The highest BCUT2D eigenvalue weighted by Crippen LogP contribution is 2.45. The fourth-order valence-electron chi connectivity index (χ4n) is 7.92. The van der Waals surface area contributed by atoms with Gasteiger partial charge < -0.3 is 0 Å². The molecule has 0 saturated heterocycles. The predicted molar refractivity (Wildman–Crippen MR) is 241 cm³/mol. The SMILES string of the molecule is c1ccc(-c2nc(-c3ccccc3)nc(-c3cccc4sc5ccc(-c6nc(-c7cccc8c7sc7ccccc78)nc7c6sc6ccccc67)cc5c34)n2)cc1. The topological polar surface area (TPSA) is 64.5 Å². The first-order valence-corrected chi connectivity index (χ1v) is 21.1. The van der Waals surface area contributed by atoms with Crippen LogP contribution in [0.1, 0.15) is 0 Å². The van der Waals surface area contributed by atoms with Crippen molar-refractivity contribution in [2.45, 2.75) is 0 Å². The van der Waals surface area contributed by atoms with E-state index in [-0.39, 0.29) is 0 Å². The normalized spacial score (nSPS) is 11.9. The van der Waals surface area contributed by atoms with Crippen LogP contribution in [0.5, 0.6) is 0 Å². The number of rotatable bonds is 5. The third-order valence-corrected chi connectivity index (χ3v) is 14.1. The second-order valence-electron chi connectivity index (χ2n) is 14.0. The maximum Gasteiger partial charge on any atom is 0.164 e. The molecule has 0 aliphatic carbocycles. The van der Waals surface area contributed by atoms with E-state index < -0.39 is 0 Å². The second kappa shape index (κ2) is 12.9. The zero-order valence-corrected chi connectivity index (χ0v) is 32.5. The van der Waals surface area contributed by atoms with Gasteiger partial charge in [0, 0.05) is 78.2 Å². The van der Waals surface area contributed by atoms with Crippen LogP contribution in [0, 0.1) is 0 Å².